The molecule has 7 nitrogen and oxygen atoms in total. The maximum Gasteiger partial charge on any atom is 0.287 e. The van der Waals surface area contributed by atoms with E-state index in [9.17, 15) is 9.59 Å². The van der Waals surface area contributed by atoms with Crippen molar-refractivity contribution in [3.8, 4) is 11.5 Å². The third kappa shape index (κ3) is 3.21. The van der Waals surface area contributed by atoms with Gasteiger partial charge in [0, 0.05) is 24.7 Å². The first-order chi connectivity index (χ1) is 12.1. The molecule has 4 rings (SSSR count). The molecule has 2 aliphatic heterocycles. The van der Waals surface area contributed by atoms with Gasteiger partial charge in [-0.25, -0.2) is 0 Å². The first kappa shape index (κ1) is 16.0. The fourth-order valence-electron chi connectivity index (χ4n) is 2.95. The molecule has 3 heterocycles. The minimum atomic E-state index is -0.340. The van der Waals surface area contributed by atoms with Gasteiger partial charge < -0.3 is 24.1 Å². The Morgan fingerprint density at radius 3 is 2.72 bits per heavy atom. The quantitative estimate of drug-likeness (QED) is 0.845. The number of halogens is 1. The zero-order chi connectivity index (χ0) is 17.4. The van der Waals surface area contributed by atoms with Crippen molar-refractivity contribution in [1.29, 1.82) is 0 Å². The number of anilines is 1. The number of rotatable bonds is 3. The highest BCUT2D eigenvalue weighted by atomic mass is 79.9. The largest absolute Gasteiger partial charge is 0.486 e. The SMILES string of the molecule is O=C(NC1CC(=O)N(c2ccc3c(c2)OCCO3)C1)c1ccc(Br)o1. The Bertz CT molecular complexity index is 834. The molecule has 0 aliphatic carbocycles. The Hall–Kier alpha value is -2.48. The highest BCUT2D eigenvalue weighted by Crippen LogP contribution is 2.35. The summed E-state index contributed by atoms with van der Waals surface area (Å²) in [6.45, 7) is 1.40. The van der Waals surface area contributed by atoms with E-state index in [0.717, 1.165) is 5.69 Å². The fraction of sp³-hybridized carbons (Fsp3) is 0.294. The smallest absolute Gasteiger partial charge is 0.287 e. The molecule has 2 aromatic rings. The van der Waals surface area contributed by atoms with E-state index in [4.69, 9.17) is 13.9 Å². The predicted octanol–water partition coefficient (Wildman–Crippen LogP) is 2.35. The summed E-state index contributed by atoms with van der Waals surface area (Å²) in [6.07, 6.45) is 0.238. The van der Waals surface area contributed by atoms with Gasteiger partial charge in [-0.1, -0.05) is 0 Å². The summed E-state index contributed by atoms with van der Waals surface area (Å²) in [4.78, 5) is 26.2. The average molecular weight is 407 g/mol. The van der Waals surface area contributed by atoms with Gasteiger partial charge in [-0.05, 0) is 40.2 Å². The van der Waals surface area contributed by atoms with Crippen LogP contribution >= 0.6 is 15.9 Å². The summed E-state index contributed by atoms with van der Waals surface area (Å²) >= 11 is 3.16. The number of carbonyl (C=O) groups is 2. The monoisotopic (exact) mass is 406 g/mol. The van der Waals surface area contributed by atoms with Gasteiger partial charge in [0.15, 0.2) is 21.9 Å². The number of carbonyl (C=O) groups excluding carboxylic acids is 2. The van der Waals surface area contributed by atoms with Crippen molar-refractivity contribution in [3.05, 3.63) is 40.8 Å². The summed E-state index contributed by atoms with van der Waals surface area (Å²) in [5.74, 6) is 1.12. The van der Waals surface area contributed by atoms with Crippen molar-refractivity contribution in [2.75, 3.05) is 24.7 Å². The van der Waals surface area contributed by atoms with E-state index >= 15 is 0 Å². The van der Waals surface area contributed by atoms with Crippen molar-refractivity contribution in [1.82, 2.24) is 5.32 Å². The number of nitrogens with one attached hydrogen (secondary N) is 1. The molecule has 130 valence electrons. The van der Waals surface area contributed by atoms with Crippen LogP contribution in [-0.4, -0.2) is 37.6 Å². The number of ether oxygens (including phenoxy) is 2. The second-order valence-electron chi connectivity index (χ2n) is 5.81. The molecular weight excluding hydrogens is 392 g/mol. The Balaban J connectivity index is 1.46. The lowest BCUT2D eigenvalue weighted by atomic mass is 10.2. The molecular formula is C17H15BrN2O5. The Kier molecular flexibility index (Phi) is 4.12. The summed E-state index contributed by atoms with van der Waals surface area (Å²) in [5.41, 5.74) is 0.728. The Morgan fingerprint density at radius 2 is 1.96 bits per heavy atom. The molecule has 2 aliphatic rings. The lowest BCUT2D eigenvalue weighted by Gasteiger charge is -2.22. The van der Waals surface area contributed by atoms with Gasteiger partial charge in [0.05, 0.1) is 6.04 Å². The topological polar surface area (TPSA) is 81.0 Å². The van der Waals surface area contributed by atoms with E-state index < -0.39 is 0 Å². The second kappa shape index (κ2) is 6.44. The van der Waals surface area contributed by atoms with Gasteiger partial charge in [-0.3, -0.25) is 9.59 Å². The highest BCUT2D eigenvalue weighted by molar-refractivity contribution is 9.10. The van der Waals surface area contributed by atoms with E-state index in [1.54, 1.807) is 29.2 Å². The first-order valence-electron chi connectivity index (χ1n) is 7.86. The van der Waals surface area contributed by atoms with Gasteiger partial charge in [-0.15, -0.1) is 0 Å². The van der Waals surface area contributed by atoms with Crippen LogP contribution in [0.2, 0.25) is 0 Å². The van der Waals surface area contributed by atoms with Crippen LogP contribution in [0.3, 0.4) is 0 Å². The van der Waals surface area contributed by atoms with Gasteiger partial charge in [0.1, 0.15) is 13.2 Å². The fourth-order valence-corrected chi connectivity index (χ4v) is 3.25. The molecule has 25 heavy (non-hydrogen) atoms. The van der Waals surface area contributed by atoms with Crippen LogP contribution < -0.4 is 19.7 Å². The molecule has 1 aromatic carbocycles. The van der Waals surface area contributed by atoms with E-state index in [2.05, 4.69) is 21.2 Å². The van der Waals surface area contributed by atoms with E-state index in [-0.39, 0.29) is 30.0 Å². The van der Waals surface area contributed by atoms with Gasteiger partial charge >= 0.3 is 0 Å². The second-order valence-corrected chi connectivity index (χ2v) is 6.59. The molecule has 0 bridgehead atoms. The molecule has 1 fully saturated rings. The highest BCUT2D eigenvalue weighted by Gasteiger charge is 2.32. The van der Waals surface area contributed by atoms with Crippen molar-refractivity contribution >= 4 is 33.4 Å². The summed E-state index contributed by atoms with van der Waals surface area (Å²) in [6, 6.07) is 8.35. The van der Waals surface area contributed by atoms with Crippen molar-refractivity contribution in [3.63, 3.8) is 0 Å². The molecule has 1 atom stereocenters. The average Bonchev–Trinajstić information content (AvgIpc) is 3.20. The van der Waals surface area contributed by atoms with Crippen LogP contribution in [0, 0.1) is 0 Å². The molecule has 1 N–H and O–H groups in total. The molecule has 1 saturated heterocycles. The number of nitrogens with zero attached hydrogens (tertiary/aromatic N) is 1. The minimum absolute atomic E-state index is 0.0531. The number of fused-ring (bicyclic) bond motifs is 1. The van der Waals surface area contributed by atoms with Crippen LogP contribution in [0.1, 0.15) is 17.0 Å². The van der Waals surface area contributed by atoms with E-state index in [1.807, 2.05) is 6.07 Å². The molecule has 0 radical (unpaired) electrons. The van der Waals surface area contributed by atoms with Crippen LogP contribution in [0.4, 0.5) is 5.69 Å². The summed E-state index contributed by atoms with van der Waals surface area (Å²) in [7, 11) is 0. The zero-order valence-corrected chi connectivity index (χ0v) is 14.7. The predicted molar refractivity (Wildman–Crippen MR) is 92.1 cm³/mol. The van der Waals surface area contributed by atoms with Crippen LogP contribution in [0.15, 0.2) is 39.4 Å². The third-order valence-corrected chi connectivity index (χ3v) is 4.52. The van der Waals surface area contributed by atoms with Crippen LogP contribution in [-0.2, 0) is 4.79 Å². The molecule has 8 heteroatoms. The Morgan fingerprint density at radius 1 is 1.16 bits per heavy atom. The summed E-state index contributed by atoms with van der Waals surface area (Å²) in [5, 5.41) is 2.83. The lowest BCUT2D eigenvalue weighted by Crippen LogP contribution is -2.37. The molecule has 0 saturated carbocycles. The van der Waals surface area contributed by atoms with Gasteiger partial charge in [-0.2, -0.15) is 0 Å². The van der Waals surface area contributed by atoms with Crippen LogP contribution in [0.5, 0.6) is 11.5 Å². The Labute approximate surface area is 152 Å². The third-order valence-electron chi connectivity index (χ3n) is 4.09. The first-order valence-corrected chi connectivity index (χ1v) is 8.65. The number of benzene rings is 1. The van der Waals surface area contributed by atoms with Crippen molar-refractivity contribution < 1.29 is 23.5 Å². The molecule has 0 spiro atoms. The number of furan rings is 1. The van der Waals surface area contributed by atoms with Crippen molar-refractivity contribution in [2.24, 2.45) is 0 Å². The molecule has 1 aromatic heterocycles. The zero-order valence-electron chi connectivity index (χ0n) is 13.2. The van der Waals surface area contributed by atoms with E-state index in [1.165, 1.54) is 0 Å². The standard InChI is InChI=1S/C17H15BrN2O5/c18-15-4-3-13(25-15)17(22)19-10-7-16(21)20(9-10)11-1-2-12-14(8-11)24-6-5-23-12/h1-4,8,10H,5-7,9H2,(H,19,22). The maximum absolute atomic E-state index is 12.3. The molecule has 1 unspecified atom stereocenters. The lowest BCUT2D eigenvalue weighted by molar-refractivity contribution is -0.117. The minimum Gasteiger partial charge on any atom is -0.486 e. The number of hydrogen-bond donors (Lipinski definition) is 1. The summed E-state index contributed by atoms with van der Waals surface area (Å²) < 4.78 is 16.8. The normalized spacial score (nSPS) is 19.2. The van der Waals surface area contributed by atoms with E-state index in [0.29, 0.717) is 35.9 Å². The maximum atomic E-state index is 12.3. The number of hydrogen-bond acceptors (Lipinski definition) is 5. The van der Waals surface area contributed by atoms with Crippen molar-refractivity contribution in [2.45, 2.75) is 12.5 Å². The molecule has 2 amide bonds. The van der Waals surface area contributed by atoms with Gasteiger partial charge in [0.25, 0.3) is 5.91 Å². The van der Waals surface area contributed by atoms with Gasteiger partial charge in [0.2, 0.25) is 5.91 Å². The van der Waals surface area contributed by atoms with Crippen LogP contribution in [0.25, 0.3) is 0 Å². The number of amides is 2.